The van der Waals surface area contributed by atoms with Crippen molar-refractivity contribution in [2.45, 2.75) is 26.4 Å². The zero-order valence-corrected chi connectivity index (χ0v) is 9.84. The average Bonchev–Trinajstić information content (AvgIpc) is 2.28. The molecule has 0 aliphatic carbocycles. The summed E-state index contributed by atoms with van der Waals surface area (Å²) in [5.41, 5.74) is 1.77. The molecule has 0 saturated carbocycles. The molecule has 0 fully saturated rings. The van der Waals surface area contributed by atoms with Gasteiger partial charge in [-0.1, -0.05) is 30.7 Å². The lowest BCUT2D eigenvalue weighted by molar-refractivity contribution is -0.120. The molecule has 0 aromatic heterocycles. The summed E-state index contributed by atoms with van der Waals surface area (Å²) in [7, 11) is 0. The van der Waals surface area contributed by atoms with Gasteiger partial charge in [-0.25, -0.2) is 6.57 Å². The van der Waals surface area contributed by atoms with Crippen molar-refractivity contribution in [2.75, 3.05) is 0 Å². The van der Waals surface area contributed by atoms with Crippen molar-refractivity contribution in [2.24, 2.45) is 0 Å². The molecule has 0 radical (unpaired) electrons. The van der Waals surface area contributed by atoms with E-state index in [0.29, 0.717) is 24.5 Å². The molecule has 3 nitrogen and oxygen atoms in total. The van der Waals surface area contributed by atoms with Gasteiger partial charge in [-0.3, -0.25) is 4.79 Å². The minimum Gasteiger partial charge on any atom is -0.352 e. The predicted octanol–water partition coefficient (Wildman–Crippen LogP) is 2.79. The van der Waals surface area contributed by atoms with Crippen LogP contribution in [-0.2, 0) is 17.9 Å². The summed E-state index contributed by atoms with van der Waals surface area (Å²) in [6.45, 7) is 9.32. The smallest absolute Gasteiger partial charge is 0.239 e. The Morgan fingerprint density at radius 2 is 2.31 bits per heavy atom. The molecule has 0 bridgehead atoms. The summed E-state index contributed by atoms with van der Waals surface area (Å²) in [5, 5.41) is 3.35. The molecule has 0 aliphatic rings. The van der Waals surface area contributed by atoms with Gasteiger partial charge in [0.1, 0.15) is 0 Å². The quantitative estimate of drug-likeness (QED) is 0.802. The first-order valence-corrected chi connectivity index (χ1v) is 5.42. The lowest BCUT2D eigenvalue weighted by Crippen LogP contribution is -2.21. The van der Waals surface area contributed by atoms with Crippen LogP contribution in [0.3, 0.4) is 0 Å². The molecule has 1 amide bonds. The number of rotatable bonds is 4. The first kappa shape index (κ1) is 12.5. The number of nitrogens with one attached hydrogen (secondary N) is 1. The molecule has 1 aromatic rings. The summed E-state index contributed by atoms with van der Waals surface area (Å²) in [4.78, 5) is 14.4. The molecule has 84 valence electrons. The SMILES string of the molecule is [C-]#[N+]Cc1ccc(CNC(=O)CC)c(Cl)c1. The van der Waals surface area contributed by atoms with Crippen molar-refractivity contribution in [1.29, 1.82) is 0 Å². The Balaban J connectivity index is 2.68. The van der Waals surface area contributed by atoms with E-state index in [1.807, 2.05) is 12.1 Å². The van der Waals surface area contributed by atoms with Gasteiger partial charge in [-0.15, -0.1) is 0 Å². The summed E-state index contributed by atoms with van der Waals surface area (Å²) in [6, 6.07) is 5.48. The third-order valence-electron chi connectivity index (χ3n) is 2.18. The van der Waals surface area contributed by atoms with E-state index >= 15 is 0 Å². The first-order valence-electron chi connectivity index (χ1n) is 5.04. The molecule has 0 heterocycles. The molecule has 1 rings (SSSR count). The maximum atomic E-state index is 11.1. The van der Waals surface area contributed by atoms with Crippen molar-refractivity contribution in [3.63, 3.8) is 0 Å². The van der Waals surface area contributed by atoms with E-state index in [9.17, 15) is 4.79 Å². The van der Waals surface area contributed by atoms with Crippen LogP contribution in [0, 0.1) is 6.57 Å². The molecule has 1 aromatic carbocycles. The minimum atomic E-state index is 0.00120. The van der Waals surface area contributed by atoms with Crippen molar-refractivity contribution in [3.05, 3.63) is 45.8 Å². The first-order chi connectivity index (χ1) is 7.67. The van der Waals surface area contributed by atoms with Crippen molar-refractivity contribution >= 4 is 17.5 Å². The summed E-state index contributed by atoms with van der Waals surface area (Å²) >= 11 is 6.04. The van der Waals surface area contributed by atoms with E-state index in [1.165, 1.54) is 0 Å². The summed E-state index contributed by atoms with van der Waals surface area (Å²) in [6.07, 6.45) is 0.466. The van der Waals surface area contributed by atoms with Crippen LogP contribution in [0.15, 0.2) is 18.2 Å². The molecular formula is C12H13ClN2O. The number of hydrogen-bond acceptors (Lipinski definition) is 1. The zero-order chi connectivity index (χ0) is 12.0. The van der Waals surface area contributed by atoms with Gasteiger partial charge in [-0.05, 0) is 11.6 Å². The van der Waals surface area contributed by atoms with E-state index in [-0.39, 0.29) is 5.91 Å². The summed E-state index contributed by atoms with van der Waals surface area (Å²) in [5.74, 6) is 0.00120. The second-order valence-corrected chi connectivity index (χ2v) is 3.78. The lowest BCUT2D eigenvalue weighted by atomic mass is 10.1. The standard InChI is InChI=1S/C12H13ClN2O/c1-3-12(16)15-8-10-5-4-9(7-14-2)6-11(10)13/h4-6H,3,7-8H2,1H3,(H,15,16). The van der Waals surface area contributed by atoms with Gasteiger partial charge in [0.25, 0.3) is 0 Å². The highest BCUT2D eigenvalue weighted by Crippen LogP contribution is 2.18. The van der Waals surface area contributed by atoms with Crippen LogP contribution in [0.4, 0.5) is 0 Å². The lowest BCUT2D eigenvalue weighted by Gasteiger charge is -2.06. The fourth-order valence-corrected chi connectivity index (χ4v) is 1.51. The van der Waals surface area contributed by atoms with Gasteiger partial charge in [0.15, 0.2) is 0 Å². The Morgan fingerprint density at radius 1 is 1.56 bits per heavy atom. The molecule has 1 N–H and O–H groups in total. The highest BCUT2D eigenvalue weighted by molar-refractivity contribution is 6.31. The second kappa shape index (κ2) is 6.14. The molecular weight excluding hydrogens is 224 g/mol. The molecule has 0 aliphatic heterocycles. The molecule has 0 atom stereocenters. The Labute approximate surface area is 100 Å². The third-order valence-corrected chi connectivity index (χ3v) is 2.53. The second-order valence-electron chi connectivity index (χ2n) is 3.37. The normalized spacial score (nSPS) is 9.56. The van der Waals surface area contributed by atoms with Crippen LogP contribution < -0.4 is 5.32 Å². The van der Waals surface area contributed by atoms with Crippen LogP contribution in [0.1, 0.15) is 24.5 Å². The van der Waals surface area contributed by atoms with Gasteiger partial charge >= 0.3 is 0 Å². The maximum absolute atomic E-state index is 11.1. The zero-order valence-electron chi connectivity index (χ0n) is 9.09. The van der Waals surface area contributed by atoms with Gasteiger partial charge in [0.2, 0.25) is 12.5 Å². The monoisotopic (exact) mass is 236 g/mol. The Kier molecular flexibility index (Phi) is 4.81. The van der Waals surface area contributed by atoms with Crippen molar-refractivity contribution in [1.82, 2.24) is 5.32 Å². The van der Waals surface area contributed by atoms with Crippen LogP contribution in [-0.4, -0.2) is 5.91 Å². The van der Waals surface area contributed by atoms with Crippen molar-refractivity contribution in [3.8, 4) is 0 Å². The number of halogens is 1. The van der Waals surface area contributed by atoms with Crippen molar-refractivity contribution < 1.29 is 4.79 Å². The number of amides is 1. The van der Waals surface area contributed by atoms with Gasteiger partial charge in [0, 0.05) is 23.6 Å². The van der Waals surface area contributed by atoms with Gasteiger partial charge < -0.3 is 10.2 Å². The predicted molar refractivity (Wildman–Crippen MR) is 63.9 cm³/mol. The summed E-state index contributed by atoms with van der Waals surface area (Å²) < 4.78 is 0. The van der Waals surface area contributed by atoms with E-state index < -0.39 is 0 Å². The number of carbonyl (C=O) groups excluding carboxylic acids is 1. The van der Waals surface area contributed by atoms with E-state index in [2.05, 4.69) is 10.2 Å². The van der Waals surface area contributed by atoms with Crippen LogP contribution in [0.2, 0.25) is 5.02 Å². The fourth-order valence-electron chi connectivity index (χ4n) is 1.24. The fraction of sp³-hybridized carbons (Fsp3) is 0.333. The average molecular weight is 237 g/mol. The maximum Gasteiger partial charge on any atom is 0.239 e. The van der Waals surface area contributed by atoms with Crippen LogP contribution in [0.25, 0.3) is 4.85 Å². The Bertz CT molecular complexity index is 424. The van der Waals surface area contributed by atoms with Gasteiger partial charge in [0.05, 0.1) is 0 Å². The third kappa shape index (κ3) is 3.56. The number of benzene rings is 1. The molecule has 0 spiro atoms. The largest absolute Gasteiger partial charge is 0.352 e. The molecule has 0 saturated heterocycles. The number of nitrogens with zero attached hydrogens (tertiary/aromatic N) is 1. The highest BCUT2D eigenvalue weighted by atomic mass is 35.5. The molecule has 0 unspecified atom stereocenters. The molecule has 16 heavy (non-hydrogen) atoms. The molecule has 4 heteroatoms. The van der Waals surface area contributed by atoms with Crippen LogP contribution >= 0.6 is 11.6 Å². The van der Waals surface area contributed by atoms with E-state index in [4.69, 9.17) is 18.2 Å². The minimum absolute atomic E-state index is 0.00120. The number of carbonyl (C=O) groups is 1. The Hall–Kier alpha value is -1.53. The van der Waals surface area contributed by atoms with E-state index in [0.717, 1.165) is 11.1 Å². The van der Waals surface area contributed by atoms with E-state index in [1.54, 1.807) is 13.0 Å². The van der Waals surface area contributed by atoms with Crippen LogP contribution in [0.5, 0.6) is 0 Å². The van der Waals surface area contributed by atoms with Gasteiger partial charge in [-0.2, -0.15) is 0 Å². The number of hydrogen-bond donors (Lipinski definition) is 1. The topological polar surface area (TPSA) is 33.5 Å². The Morgan fingerprint density at radius 3 is 2.88 bits per heavy atom. The highest BCUT2D eigenvalue weighted by Gasteiger charge is 2.04.